The van der Waals surface area contributed by atoms with E-state index in [-0.39, 0.29) is 12.1 Å². The summed E-state index contributed by atoms with van der Waals surface area (Å²) in [5.74, 6) is -0.176. The van der Waals surface area contributed by atoms with E-state index in [1.54, 1.807) is 0 Å². The van der Waals surface area contributed by atoms with Crippen molar-refractivity contribution in [2.24, 2.45) is 0 Å². The molecule has 116 valence electrons. The quantitative estimate of drug-likeness (QED) is 0.462. The van der Waals surface area contributed by atoms with Crippen molar-refractivity contribution in [2.75, 3.05) is 0 Å². The van der Waals surface area contributed by atoms with Gasteiger partial charge in [-0.2, -0.15) is 0 Å². The number of rotatable bonds is 2. The maximum atomic E-state index is 12.9. The zero-order chi connectivity index (χ0) is 15.6. The molecule has 3 aromatic carbocycles. The van der Waals surface area contributed by atoms with E-state index in [0.29, 0.717) is 5.56 Å². The molecule has 1 aliphatic rings. The van der Waals surface area contributed by atoms with Gasteiger partial charge >= 0.3 is 5.97 Å². The number of carbonyl (C=O) groups is 1. The minimum Gasteiger partial charge on any atom is -0.459 e. The summed E-state index contributed by atoms with van der Waals surface area (Å²) >= 11 is 0. The molecule has 0 radical (unpaired) electrons. The first-order valence-corrected chi connectivity index (χ1v) is 8.44. The van der Waals surface area contributed by atoms with Gasteiger partial charge in [-0.05, 0) is 53.3 Å². The SMILES string of the molecule is O=C(OC1CCCCC1)c1c2ccccc2cc2ccccc12. The topological polar surface area (TPSA) is 26.3 Å². The number of hydrogen-bond donors (Lipinski definition) is 0. The molecular formula is C21H20O2. The molecule has 3 aromatic rings. The Labute approximate surface area is 136 Å². The molecule has 2 nitrogen and oxygen atoms in total. The molecule has 1 saturated carbocycles. The largest absolute Gasteiger partial charge is 0.459 e. The first-order chi connectivity index (χ1) is 11.3. The third-order valence-corrected chi connectivity index (χ3v) is 4.80. The third kappa shape index (κ3) is 2.70. The summed E-state index contributed by atoms with van der Waals surface area (Å²) in [5, 5.41) is 4.13. The van der Waals surface area contributed by atoms with Crippen LogP contribution in [0.4, 0.5) is 0 Å². The summed E-state index contributed by atoms with van der Waals surface area (Å²) in [7, 11) is 0. The van der Waals surface area contributed by atoms with Gasteiger partial charge in [0.1, 0.15) is 6.10 Å². The lowest BCUT2D eigenvalue weighted by Gasteiger charge is -2.22. The van der Waals surface area contributed by atoms with Crippen molar-refractivity contribution in [3.05, 3.63) is 60.2 Å². The van der Waals surface area contributed by atoms with Crippen LogP contribution in [0.2, 0.25) is 0 Å². The first kappa shape index (κ1) is 14.3. The fourth-order valence-electron chi connectivity index (χ4n) is 3.63. The smallest absolute Gasteiger partial charge is 0.339 e. The van der Waals surface area contributed by atoms with Crippen molar-refractivity contribution in [3.63, 3.8) is 0 Å². The fraction of sp³-hybridized carbons (Fsp3) is 0.286. The van der Waals surface area contributed by atoms with Gasteiger partial charge in [0, 0.05) is 0 Å². The normalized spacial score (nSPS) is 15.8. The van der Waals surface area contributed by atoms with Gasteiger partial charge in [0.2, 0.25) is 0 Å². The zero-order valence-corrected chi connectivity index (χ0v) is 13.1. The molecule has 0 unspecified atom stereocenters. The predicted octanol–water partition coefficient (Wildman–Crippen LogP) is 5.48. The molecule has 0 amide bonds. The monoisotopic (exact) mass is 304 g/mol. The lowest BCUT2D eigenvalue weighted by Crippen LogP contribution is -2.21. The van der Waals surface area contributed by atoms with E-state index in [0.717, 1.165) is 47.2 Å². The van der Waals surface area contributed by atoms with Gasteiger partial charge in [-0.3, -0.25) is 0 Å². The van der Waals surface area contributed by atoms with E-state index in [2.05, 4.69) is 18.2 Å². The Kier molecular flexibility index (Phi) is 3.74. The van der Waals surface area contributed by atoms with Crippen LogP contribution in [0.25, 0.3) is 21.5 Å². The molecule has 4 rings (SSSR count). The minimum absolute atomic E-state index is 0.0778. The van der Waals surface area contributed by atoms with Crippen molar-refractivity contribution < 1.29 is 9.53 Å². The average Bonchev–Trinajstić information content (AvgIpc) is 2.60. The van der Waals surface area contributed by atoms with E-state index < -0.39 is 0 Å². The molecule has 0 aromatic heterocycles. The second-order valence-electron chi connectivity index (χ2n) is 6.36. The Balaban J connectivity index is 1.83. The van der Waals surface area contributed by atoms with Crippen LogP contribution in [-0.2, 0) is 4.74 Å². The molecule has 23 heavy (non-hydrogen) atoms. The van der Waals surface area contributed by atoms with E-state index in [1.807, 2.05) is 36.4 Å². The van der Waals surface area contributed by atoms with E-state index in [4.69, 9.17) is 4.74 Å². The zero-order valence-electron chi connectivity index (χ0n) is 13.1. The lowest BCUT2D eigenvalue weighted by molar-refractivity contribution is 0.0215. The highest BCUT2D eigenvalue weighted by atomic mass is 16.5. The first-order valence-electron chi connectivity index (χ1n) is 8.44. The molecule has 0 spiro atoms. The Morgan fingerprint density at radius 2 is 1.39 bits per heavy atom. The summed E-state index contributed by atoms with van der Waals surface area (Å²) in [6, 6.07) is 18.3. The average molecular weight is 304 g/mol. The summed E-state index contributed by atoms with van der Waals surface area (Å²) in [5.41, 5.74) is 0.712. The highest BCUT2D eigenvalue weighted by Gasteiger charge is 2.21. The van der Waals surface area contributed by atoms with Crippen molar-refractivity contribution in [2.45, 2.75) is 38.2 Å². The number of benzene rings is 3. The van der Waals surface area contributed by atoms with E-state index in [1.165, 1.54) is 6.42 Å². The Bertz CT molecular complexity index is 806. The maximum absolute atomic E-state index is 12.9. The number of esters is 1. The Hall–Kier alpha value is -2.35. The molecule has 0 aliphatic heterocycles. The molecular weight excluding hydrogens is 284 g/mol. The molecule has 0 atom stereocenters. The minimum atomic E-state index is -0.176. The Morgan fingerprint density at radius 3 is 2.00 bits per heavy atom. The molecule has 1 aliphatic carbocycles. The standard InChI is InChI=1S/C21H20O2/c22-21(23-17-10-2-1-3-11-17)20-18-12-6-4-8-15(18)14-16-9-5-7-13-19(16)20/h4-9,12-14,17H,1-3,10-11H2. The predicted molar refractivity (Wildman–Crippen MR) is 93.7 cm³/mol. The van der Waals surface area contributed by atoms with Gasteiger partial charge in [-0.25, -0.2) is 4.79 Å². The van der Waals surface area contributed by atoms with Crippen molar-refractivity contribution in [1.29, 1.82) is 0 Å². The number of fused-ring (bicyclic) bond motifs is 2. The number of carbonyl (C=O) groups excluding carboxylic acids is 1. The third-order valence-electron chi connectivity index (χ3n) is 4.80. The van der Waals surface area contributed by atoms with Crippen LogP contribution in [0.5, 0.6) is 0 Å². The molecule has 0 heterocycles. The summed E-state index contributed by atoms with van der Waals surface area (Å²) in [6.07, 6.45) is 5.64. The van der Waals surface area contributed by atoms with Crippen LogP contribution in [-0.4, -0.2) is 12.1 Å². The second-order valence-corrected chi connectivity index (χ2v) is 6.36. The van der Waals surface area contributed by atoms with E-state index in [9.17, 15) is 4.79 Å². The molecule has 2 heteroatoms. The highest BCUT2D eigenvalue weighted by molar-refractivity contribution is 6.16. The number of ether oxygens (including phenoxy) is 1. The van der Waals surface area contributed by atoms with Crippen LogP contribution in [0.15, 0.2) is 54.6 Å². The summed E-state index contributed by atoms with van der Waals surface area (Å²) in [6.45, 7) is 0. The van der Waals surface area contributed by atoms with E-state index >= 15 is 0 Å². The molecule has 0 saturated heterocycles. The van der Waals surface area contributed by atoms with Crippen LogP contribution in [0, 0.1) is 0 Å². The van der Waals surface area contributed by atoms with Crippen molar-refractivity contribution in [1.82, 2.24) is 0 Å². The lowest BCUT2D eigenvalue weighted by atomic mass is 9.96. The van der Waals surface area contributed by atoms with Crippen molar-refractivity contribution in [3.8, 4) is 0 Å². The molecule has 0 N–H and O–H groups in total. The van der Waals surface area contributed by atoms with Crippen molar-refractivity contribution >= 4 is 27.5 Å². The van der Waals surface area contributed by atoms with Gasteiger partial charge in [0.05, 0.1) is 5.56 Å². The van der Waals surface area contributed by atoms with Gasteiger partial charge in [-0.1, -0.05) is 55.0 Å². The summed E-state index contributed by atoms with van der Waals surface area (Å²) < 4.78 is 5.85. The fourth-order valence-corrected chi connectivity index (χ4v) is 3.63. The van der Waals surface area contributed by atoms with Gasteiger partial charge in [-0.15, -0.1) is 0 Å². The van der Waals surface area contributed by atoms with Crippen LogP contribution in [0.3, 0.4) is 0 Å². The van der Waals surface area contributed by atoms with Gasteiger partial charge in [0.25, 0.3) is 0 Å². The Morgan fingerprint density at radius 1 is 0.826 bits per heavy atom. The maximum Gasteiger partial charge on any atom is 0.339 e. The summed E-state index contributed by atoms with van der Waals surface area (Å²) in [4.78, 5) is 12.9. The number of hydrogen-bond acceptors (Lipinski definition) is 2. The van der Waals surface area contributed by atoms with Crippen LogP contribution >= 0.6 is 0 Å². The van der Waals surface area contributed by atoms with Gasteiger partial charge in [0.15, 0.2) is 0 Å². The van der Waals surface area contributed by atoms with Gasteiger partial charge < -0.3 is 4.74 Å². The highest BCUT2D eigenvalue weighted by Crippen LogP contribution is 2.30. The van der Waals surface area contributed by atoms with Crippen LogP contribution in [0.1, 0.15) is 42.5 Å². The molecule has 1 fully saturated rings. The van der Waals surface area contributed by atoms with Crippen LogP contribution < -0.4 is 0 Å². The second kappa shape index (κ2) is 6.04. The molecule has 0 bridgehead atoms.